The Balaban J connectivity index is 0.989. The Hall–Kier alpha value is -4.28. The lowest BCUT2D eigenvalue weighted by atomic mass is 9.96. The van der Waals surface area contributed by atoms with E-state index in [0.717, 1.165) is 12.8 Å². The lowest BCUT2D eigenvalue weighted by Crippen LogP contribution is -2.14. The number of fused-ring (bicyclic) bond motifs is 2. The van der Waals surface area contributed by atoms with Crippen molar-refractivity contribution in [3.05, 3.63) is 168 Å². The van der Waals surface area contributed by atoms with E-state index in [2.05, 4.69) is 146 Å². The van der Waals surface area contributed by atoms with Crippen LogP contribution in [0.3, 0.4) is 0 Å². The first-order valence-corrected chi connectivity index (χ1v) is 16.1. The number of hydrogen-bond donors (Lipinski definition) is 0. The van der Waals surface area contributed by atoms with Gasteiger partial charge in [0, 0.05) is 25.0 Å². The first-order valence-electron chi connectivity index (χ1n) is 16.1. The van der Waals surface area contributed by atoms with Crippen molar-refractivity contribution in [3.63, 3.8) is 0 Å². The van der Waals surface area contributed by atoms with Crippen LogP contribution in [0.25, 0.3) is 21.5 Å². The first kappa shape index (κ1) is 30.7. The van der Waals surface area contributed by atoms with Crippen molar-refractivity contribution < 1.29 is 14.2 Å². The summed E-state index contributed by atoms with van der Waals surface area (Å²) in [5, 5.41) is 5.01. The van der Waals surface area contributed by atoms with E-state index in [9.17, 15) is 0 Å². The van der Waals surface area contributed by atoms with Gasteiger partial charge in [-0.3, -0.25) is 0 Å². The molecule has 3 heteroatoms. The number of ether oxygens (including phenoxy) is 3. The van der Waals surface area contributed by atoms with Crippen molar-refractivity contribution in [3.8, 4) is 0 Å². The lowest BCUT2D eigenvalue weighted by Gasteiger charge is -2.20. The van der Waals surface area contributed by atoms with Crippen LogP contribution in [0.1, 0.15) is 46.9 Å². The minimum Gasteiger partial charge on any atom is -0.381 e. The van der Waals surface area contributed by atoms with E-state index in [1.807, 2.05) is 0 Å². The highest BCUT2D eigenvalue weighted by atomic mass is 16.5. The summed E-state index contributed by atoms with van der Waals surface area (Å²) in [6, 6.07) is 51.4. The number of rotatable bonds is 16. The van der Waals surface area contributed by atoms with Crippen LogP contribution in [0, 0.1) is 0 Å². The predicted molar refractivity (Wildman–Crippen MR) is 186 cm³/mol. The zero-order valence-corrected chi connectivity index (χ0v) is 25.9. The second-order valence-electron chi connectivity index (χ2n) is 11.8. The van der Waals surface area contributed by atoms with Crippen molar-refractivity contribution >= 4 is 21.5 Å². The molecule has 6 aromatic carbocycles. The van der Waals surface area contributed by atoms with Gasteiger partial charge in [0.1, 0.15) is 0 Å². The molecule has 228 valence electrons. The van der Waals surface area contributed by atoms with Crippen LogP contribution in [-0.4, -0.2) is 26.4 Å². The zero-order valence-electron chi connectivity index (χ0n) is 25.9. The van der Waals surface area contributed by atoms with Crippen molar-refractivity contribution in [2.75, 3.05) is 26.4 Å². The largest absolute Gasteiger partial charge is 0.381 e. The maximum absolute atomic E-state index is 6.27. The molecule has 2 atom stereocenters. The lowest BCUT2D eigenvalue weighted by molar-refractivity contribution is 0.0695. The Morgan fingerprint density at radius 2 is 0.778 bits per heavy atom. The van der Waals surface area contributed by atoms with Gasteiger partial charge in [0.25, 0.3) is 0 Å². The van der Waals surface area contributed by atoms with Crippen LogP contribution in [0.5, 0.6) is 0 Å². The Morgan fingerprint density at radius 1 is 0.378 bits per heavy atom. The normalized spacial score (nSPS) is 12.8. The molecule has 0 fully saturated rings. The SMILES string of the molecule is c1ccc(C(CCOCCC(COCc2ccc3ccccc3c2)c2ccccc2)COCc2ccc3ccccc3c2)cc1. The molecular weight excluding hydrogens is 552 g/mol. The predicted octanol–water partition coefficient (Wildman–Crippen LogP) is 10.1. The van der Waals surface area contributed by atoms with Crippen molar-refractivity contribution in [1.29, 1.82) is 0 Å². The summed E-state index contributed by atoms with van der Waals surface area (Å²) in [4.78, 5) is 0. The molecule has 0 spiro atoms. The van der Waals surface area contributed by atoms with Crippen LogP contribution >= 0.6 is 0 Å². The number of hydrogen-bond acceptors (Lipinski definition) is 3. The third kappa shape index (κ3) is 8.89. The zero-order chi connectivity index (χ0) is 30.5. The monoisotopic (exact) mass is 594 g/mol. The minimum absolute atomic E-state index is 0.280. The molecule has 0 N–H and O–H groups in total. The molecule has 0 aliphatic carbocycles. The molecule has 0 bridgehead atoms. The fraction of sp³-hybridized carbons (Fsp3) is 0.238. The second-order valence-corrected chi connectivity index (χ2v) is 11.8. The van der Waals surface area contributed by atoms with Gasteiger partial charge >= 0.3 is 0 Å². The van der Waals surface area contributed by atoms with Gasteiger partial charge in [0.15, 0.2) is 0 Å². The average molecular weight is 595 g/mol. The van der Waals surface area contributed by atoms with Gasteiger partial charge in [-0.25, -0.2) is 0 Å². The highest BCUT2D eigenvalue weighted by Crippen LogP contribution is 2.24. The third-order valence-corrected chi connectivity index (χ3v) is 8.57. The van der Waals surface area contributed by atoms with Crippen LogP contribution in [-0.2, 0) is 27.4 Å². The summed E-state index contributed by atoms with van der Waals surface area (Å²) in [6.45, 7) is 3.92. The van der Waals surface area contributed by atoms with E-state index in [1.165, 1.54) is 43.8 Å². The summed E-state index contributed by atoms with van der Waals surface area (Å²) >= 11 is 0. The Bertz CT molecular complexity index is 1620. The van der Waals surface area contributed by atoms with Gasteiger partial charge in [-0.15, -0.1) is 0 Å². The summed E-state index contributed by atoms with van der Waals surface area (Å²) in [5.41, 5.74) is 4.99. The highest BCUT2D eigenvalue weighted by Gasteiger charge is 2.15. The standard InChI is InChI=1S/C42H42O3/c1-3-11-35(12-4-1)41(31-44-29-33-19-21-37-15-7-9-17-39(37)27-33)23-25-43-26-24-42(36-13-5-2-6-14-36)32-45-30-34-20-22-38-16-8-10-18-40(38)28-34/h1-22,27-28,41-42H,23-26,29-32H2. The van der Waals surface area contributed by atoms with Crippen LogP contribution in [0.4, 0.5) is 0 Å². The molecule has 45 heavy (non-hydrogen) atoms. The van der Waals surface area contributed by atoms with Crippen molar-refractivity contribution in [2.24, 2.45) is 0 Å². The molecule has 0 heterocycles. The molecular formula is C42H42O3. The first-order chi connectivity index (χ1) is 22.3. The Morgan fingerprint density at radius 3 is 1.22 bits per heavy atom. The molecule has 0 saturated heterocycles. The van der Waals surface area contributed by atoms with Gasteiger partial charge in [-0.1, -0.05) is 133 Å². The molecule has 6 aromatic rings. The van der Waals surface area contributed by atoms with E-state index >= 15 is 0 Å². The van der Waals surface area contributed by atoms with E-state index in [4.69, 9.17) is 14.2 Å². The minimum atomic E-state index is 0.280. The molecule has 6 rings (SSSR count). The topological polar surface area (TPSA) is 27.7 Å². The van der Waals surface area contributed by atoms with E-state index < -0.39 is 0 Å². The quantitative estimate of drug-likeness (QED) is 0.104. The van der Waals surface area contributed by atoms with E-state index in [0.29, 0.717) is 39.6 Å². The van der Waals surface area contributed by atoms with Gasteiger partial charge in [-0.05, 0) is 68.8 Å². The maximum atomic E-state index is 6.27. The van der Waals surface area contributed by atoms with E-state index in [-0.39, 0.29) is 11.8 Å². The van der Waals surface area contributed by atoms with E-state index in [1.54, 1.807) is 0 Å². The van der Waals surface area contributed by atoms with Crippen LogP contribution in [0.15, 0.2) is 146 Å². The van der Waals surface area contributed by atoms with Crippen molar-refractivity contribution in [2.45, 2.75) is 37.9 Å². The molecule has 0 aliphatic heterocycles. The maximum Gasteiger partial charge on any atom is 0.0717 e. The highest BCUT2D eigenvalue weighted by molar-refractivity contribution is 5.83. The number of benzene rings is 6. The van der Waals surface area contributed by atoms with Crippen LogP contribution < -0.4 is 0 Å². The summed E-state index contributed by atoms with van der Waals surface area (Å²) in [7, 11) is 0. The smallest absolute Gasteiger partial charge is 0.0717 e. The summed E-state index contributed by atoms with van der Waals surface area (Å²) < 4.78 is 18.8. The fourth-order valence-corrected chi connectivity index (χ4v) is 5.99. The van der Waals surface area contributed by atoms with Crippen molar-refractivity contribution in [1.82, 2.24) is 0 Å². The average Bonchev–Trinajstić information content (AvgIpc) is 3.10. The van der Waals surface area contributed by atoms with Crippen LogP contribution in [0.2, 0.25) is 0 Å². The Labute approximate surface area is 267 Å². The third-order valence-electron chi connectivity index (χ3n) is 8.57. The van der Waals surface area contributed by atoms with Gasteiger partial charge in [0.05, 0.1) is 26.4 Å². The summed E-state index contributed by atoms with van der Waals surface area (Å²) in [5.74, 6) is 0.559. The molecule has 0 saturated carbocycles. The molecule has 0 aliphatic rings. The fourth-order valence-electron chi connectivity index (χ4n) is 5.99. The molecule has 0 radical (unpaired) electrons. The van der Waals surface area contributed by atoms with Gasteiger partial charge < -0.3 is 14.2 Å². The Kier molecular flexibility index (Phi) is 11.0. The molecule has 3 nitrogen and oxygen atoms in total. The second kappa shape index (κ2) is 16.2. The van der Waals surface area contributed by atoms with Gasteiger partial charge in [0.2, 0.25) is 0 Å². The molecule has 0 aromatic heterocycles. The van der Waals surface area contributed by atoms with Gasteiger partial charge in [-0.2, -0.15) is 0 Å². The molecule has 2 unspecified atom stereocenters. The molecule has 0 amide bonds. The summed E-state index contributed by atoms with van der Waals surface area (Å²) in [6.07, 6.45) is 1.83.